The molecule has 1 saturated heterocycles. The molecular formula is C12H22N4O2S. The number of rotatable bonds is 3. The van der Waals surface area contributed by atoms with Crippen molar-refractivity contribution in [3.63, 3.8) is 0 Å². The van der Waals surface area contributed by atoms with Crippen LogP contribution in [0.25, 0.3) is 0 Å². The molecule has 19 heavy (non-hydrogen) atoms. The molecule has 2 heterocycles. The van der Waals surface area contributed by atoms with Gasteiger partial charge in [-0.25, -0.2) is 13.4 Å². The lowest BCUT2D eigenvalue weighted by atomic mass is 9.93. The Morgan fingerprint density at radius 2 is 2.21 bits per heavy atom. The number of sulfonamides is 1. The Hall–Kier alpha value is -0.920. The molecule has 7 heteroatoms. The number of hydrogen-bond acceptors (Lipinski definition) is 4. The number of aryl methyl sites for hydroxylation is 2. The Labute approximate surface area is 114 Å². The van der Waals surface area contributed by atoms with Crippen LogP contribution in [0, 0.1) is 12.8 Å². The normalized spacial score (nSPS) is 25.7. The van der Waals surface area contributed by atoms with Crippen LogP contribution in [-0.2, 0) is 17.1 Å². The van der Waals surface area contributed by atoms with Crippen molar-refractivity contribution in [3.8, 4) is 0 Å². The summed E-state index contributed by atoms with van der Waals surface area (Å²) >= 11 is 0. The third-order valence-electron chi connectivity index (χ3n) is 3.97. The number of piperidine rings is 1. The van der Waals surface area contributed by atoms with Crippen molar-refractivity contribution in [2.75, 3.05) is 13.1 Å². The third-order valence-corrected chi connectivity index (χ3v) is 5.76. The van der Waals surface area contributed by atoms with Gasteiger partial charge in [-0.15, -0.1) is 0 Å². The van der Waals surface area contributed by atoms with Crippen LogP contribution >= 0.6 is 0 Å². The number of nitrogens with two attached hydrogens (primary N) is 1. The van der Waals surface area contributed by atoms with Crippen molar-refractivity contribution in [2.24, 2.45) is 18.7 Å². The third kappa shape index (κ3) is 2.54. The molecule has 2 N–H and O–H groups in total. The highest BCUT2D eigenvalue weighted by Gasteiger charge is 2.37. The first-order chi connectivity index (χ1) is 8.87. The Morgan fingerprint density at radius 1 is 1.53 bits per heavy atom. The number of nitrogens with zero attached hydrogens (tertiary/aromatic N) is 3. The molecule has 0 radical (unpaired) electrons. The molecule has 0 bridgehead atoms. The molecule has 1 fully saturated rings. The van der Waals surface area contributed by atoms with E-state index >= 15 is 0 Å². The first-order valence-electron chi connectivity index (χ1n) is 6.59. The van der Waals surface area contributed by atoms with Crippen molar-refractivity contribution >= 4 is 10.0 Å². The van der Waals surface area contributed by atoms with E-state index in [1.807, 2.05) is 0 Å². The predicted octanol–water partition coefficient (Wildman–Crippen LogP) is 0.476. The van der Waals surface area contributed by atoms with Crippen LogP contribution in [0.1, 0.15) is 25.6 Å². The quantitative estimate of drug-likeness (QED) is 0.876. The first kappa shape index (κ1) is 14.5. The van der Waals surface area contributed by atoms with Gasteiger partial charge in [0.1, 0.15) is 5.82 Å². The molecular weight excluding hydrogens is 264 g/mol. The van der Waals surface area contributed by atoms with E-state index in [1.54, 1.807) is 24.7 Å². The van der Waals surface area contributed by atoms with Gasteiger partial charge < -0.3 is 10.3 Å². The maximum atomic E-state index is 12.7. The van der Waals surface area contributed by atoms with Crippen molar-refractivity contribution in [1.82, 2.24) is 13.9 Å². The maximum absolute atomic E-state index is 12.7. The number of hydrogen-bond donors (Lipinski definition) is 1. The summed E-state index contributed by atoms with van der Waals surface area (Å²) in [5.41, 5.74) is 5.76. The second-order valence-electron chi connectivity index (χ2n) is 5.28. The zero-order valence-corrected chi connectivity index (χ0v) is 12.5. The molecule has 1 aromatic rings. The smallest absolute Gasteiger partial charge is 0.262 e. The minimum absolute atomic E-state index is 0.124. The second kappa shape index (κ2) is 5.22. The lowest BCUT2D eigenvalue weighted by molar-refractivity contribution is 0.192. The minimum Gasteiger partial charge on any atom is -0.337 e. The predicted molar refractivity (Wildman–Crippen MR) is 73.1 cm³/mol. The van der Waals surface area contributed by atoms with Crippen LogP contribution < -0.4 is 5.73 Å². The molecule has 1 aliphatic heterocycles. The molecule has 0 saturated carbocycles. The largest absolute Gasteiger partial charge is 0.337 e. The van der Waals surface area contributed by atoms with E-state index in [4.69, 9.17) is 5.73 Å². The molecule has 1 aromatic heterocycles. The van der Waals surface area contributed by atoms with Gasteiger partial charge in [0.25, 0.3) is 10.0 Å². The lowest BCUT2D eigenvalue weighted by Crippen LogP contribution is -2.51. The van der Waals surface area contributed by atoms with E-state index in [0.717, 1.165) is 12.8 Å². The average Bonchev–Trinajstić information content (AvgIpc) is 2.70. The fraction of sp³-hybridized carbons (Fsp3) is 0.750. The minimum atomic E-state index is -3.54. The van der Waals surface area contributed by atoms with Crippen molar-refractivity contribution in [3.05, 3.63) is 12.0 Å². The maximum Gasteiger partial charge on any atom is 0.262 e. The fourth-order valence-electron chi connectivity index (χ4n) is 2.63. The summed E-state index contributed by atoms with van der Waals surface area (Å²) < 4.78 is 28.6. The van der Waals surface area contributed by atoms with E-state index in [0.29, 0.717) is 24.8 Å². The molecule has 2 unspecified atom stereocenters. The van der Waals surface area contributed by atoms with Gasteiger partial charge in [0.05, 0.1) is 0 Å². The summed E-state index contributed by atoms with van der Waals surface area (Å²) in [6.07, 6.45) is 3.47. The zero-order chi connectivity index (χ0) is 14.2. The Kier molecular flexibility index (Phi) is 3.98. The van der Waals surface area contributed by atoms with Crippen LogP contribution in [-0.4, -0.2) is 41.4 Å². The molecule has 0 spiro atoms. The van der Waals surface area contributed by atoms with Crippen LogP contribution in [0.2, 0.25) is 0 Å². The van der Waals surface area contributed by atoms with Gasteiger partial charge in [0.15, 0.2) is 5.03 Å². The van der Waals surface area contributed by atoms with Crippen LogP contribution in [0.4, 0.5) is 0 Å². The monoisotopic (exact) mass is 286 g/mol. The molecule has 2 rings (SSSR count). The molecule has 0 aromatic carbocycles. The van der Waals surface area contributed by atoms with E-state index in [9.17, 15) is 8.42 Å². The molecule has 2 atom stereocenters. The summed E-state index contributed by atoms with van der Waals surface area (Å²) in [4.78, 5) is 4.14. The van der Waals surface area contributed by atoms with Crippen LogP contribution in [0.3, 0.4) is 0 Å². The van der Waals surface area contributed by atoms with Crippen LogP contribution in [0.5, 0.6) is 0 Å². The summed E-state index contributed by atoms with van der Waals surface area (Å²) in [7, 11) is -1.74. The Bertz CT molecular complexity index is 533. The van der Waals surface area contributed by atoms with Crippen LogP contribution in [0.15, 0.2) is 11.2 Å². The average molecular weight is 286 g/mol. The Balaban J connectivity index is 2.37. The SMILES string of the molecule is Cc1nc(S(=O)(=O)N2CCCC(C)C2CN)cn1C. The fourth-order valence-corrected chi connectivity index (χ4v) is 4.43. The molecule has 6 nitrogen and oxygen atoms in total. The zero-order valence-electron chi connectivity index (χ0n) is 11.7. The van der Waals surface area contributed by atoms with Gasteiger partial charge in [-0.1, -0.05) is 6.92 Å². The van der Waals surface area contributed by atoms with E-state index in [1.165, 1.54) is 4.31 Å². The van der Waals surface area contributed by atoms with Gasteiger partial charge in [-0.2, -0.15) is 4.31 Å². The molecule has 108 valence electrons. The lowest BCUT2D eigenvalue weighted by Gasteiger charge is -2.37. The standard InChI is InChI=1S/C12H22N4O2S/c1-9-5-4-6-16(11(9)7-13)19(17,18)12-8-15(3)10(2)14-12/h8-9,11H,4-7,13H2,1-3H3. The summed E-state index contributed by atoms with van der Waals surface area (Å²) in [5.74, 6) is 0.978. The van der Waals surface area contributed by atoms with Gasteiger partial charge in [0.2, 0.25) is 0 Å². The van der Waals surface area contributed by atoms with Gasteiger partial charge in [0, 0.05) is 32.4 Å². The van der Waals surface area contributed by atoms with Gasteiger partial charge in [-0.3, -0.25) is 0 Å². The summed E-state index contributed by atoms with van der Waals surface area (Å²) in [5, 5.41) is 0.125. The van der Waals surface area contributed by atoms with Gasteiger partial charge >= 0.3 is 0 Å². The highest BCUT2D eigenvalue weighted by Crippen LogP contribution is 2.28. The number of imidazole rings is 1. The summed E-state index contributed by atoms with van der Waals surface area (Å²) in [6.45, 7) is 4.73. The van der Waals surface area contributed by atoms with E-state index in [-0.39, 0.29) is 11.1 Å². The topological polar surface area (TPSA) is 81.2 Å². The molecule has 1 aliphatic rings. The first-order valence-corrected chi connectivity index (χ1v) is 8.03. The Morgan fingerprint density at radius 3 is 2.74 bits per heavy atom. The molecule has 0 amide bonds. The van der Waals surface area contributed by atoms with Gasteiger partial charge in [-0.05, 0) is 25.7 Å². The highest BCUT2D eigenvalue weighted by atomic mass is 32.2. The highest BCUT2D eigenvalue weighted by molar-refractivity contribution is 7.89. The van der Waals surface area contributed by atoms with Crippen molar-refractivity contribution in [2.45, 2.75) is 37.8 Å². The van der Waals surface area contributed by atoms with E-state index in [2.05, 4.69) is 11.9 Å². The van der Waals surface area contributed by atoms with Crippen molar-refractivity contribution < 1.29 is 8.42 Å². The van der Waals surface area contributed by atoms with Crippen molar-refractivity contribution in [1.29, 1.82) is 0 Å². The molecule has 0 aliphatic carbocycles. The second-order valence-corrected chi connectivity index (χ2v) is 7.11. The summed E-state index contributed by atoms with van der Waals surface area (Å²) in [6, 6.07) is -0.124. The van der Waals surface area contributed by atoms with E-state index < -0.39 is 10.0 Å². The number of aromatic nitrogens is 2.